The number of nitrogens with one attached hydrogen (secondary N) is 1. The molecule has 20 heavy (non-hydrogen) atoms. The van der Waals surface area contributed by atoms with Gasteiger partial charge in [0, 0.05) is 23.0 Å². The normalized spacial score (nSPS) is 14.4. The summed E-state index contributed by atoms with van der Waals surface area (Å²) in [6.07, 6.45) is 1.14. The first-order chi connectivity index (χ1) is 8.91. The summed E-state index contributed by atoms with van der Waals surface area (Å²) < 4.78 is 0. The van der Waals surface area contributed by atoms with Gasteiger partial charge >= 0.3 is 0 Å². The van der Waals surface area contributed by atoms with E-state index in [0.717, 1.165) is 17.8 Å². The highest BCUT2D eigenvalue weighted by molar-refractivity contribution is 5.33. The number of pyridine rings is 1. The summed E-state index contributed by atoms with van der Waals surface area (Å²) >= 11 is 0. The SMILES string of the molecule is Cc1cc(C)c(C(C)NC(C)(C)CC(C)(C)C)c(C)n1. The van der Waals surface area contributed by atoms with Gasteiger partial charge in [-0.3, -0.25) is 4.98 Å². The molecule has 1 atom stereocenters. The first kappa shape index (κ1) is 17.2. The predicted molar refractivity (Wildman–Crippen MR) is 88.1 cm³/mol. The summed E-state index contributed by atoms with van der Waals surface area (Å²) in [5, 5.41) is 3.79. The van der Waals surface area contributed by atoms with Crippen LogP contribution in [-0.2, 0) is 0 Å². The lowest BCUT2D eigenvalue weighted by Crippen LogP contribution is -2.44. The Bertz CT molecular complexity index is 444. The zero-order valence-electron chi connectivity index (χ0n) is 14.8. The molecule has 0 saturated carbocycles. The third-order valence-electron chi connectivity index (χ3n) is 3.60. The van der Waals surface area contributed by atoms with Gasteiger partial charge in [0.1, 0.15) is 0 Å². The van der Waals surface area contributed by atoms with Crippen molar-refractivity contribution in [3.8, 4) is 0 Å². The molecule has 0 aliphatic rings. The molecule has 2 heteroatoms. The lowest BCUT2D eigenvalue weighted by molar-refractivity contribution is 0.226. The fourth-order valence-corrected chi connectivity index (χ4v) is 3.72. The predicted octanol–water partition coefficient (Wildman–Crippen LogP) is 4.87. The highest BCUT2D eigenvalue weighted by Gasteiger charge is 2.27. The molecule has 0 fully saturated rings. The molecule has 114 valence electrons. The molecule has 1 rings (SSSR count). The number of nitrogens with zero attached hydrogens (tertiary/aromatic N) is 1. The summed E-state index contributed by atoms with van der Waals surface area (Å²) in [6.45, 7) is 20.1. The monoisotopic (exact) mass is 276 g/mol. The van der Waals surface area contributed by atoms with E-state index in [0.29, 0.717) is 11.5 Å². The Morgan fingerprint density at radius 1 is 1.10 bits per heavy atom. The summed E-state index contributed by atoms with van der Waals surface area (Å²) in [6, 6.07) is 2.50. The van der Waals surface area contributed by atoms with Crippen molar-refractivity contribution >= 4 is 0 Å². The van der Waals surface area contributed by atoms with Crippen molar-refractivity contribution < 1.29 is 0 Å². The molecular weight excluding hydrogens is 244 g/mol. The van der Waals surface area contributed by atoms with Gasteiger partial charge in [-0.1, -0.05) is 20.8 Å². The molecule has 0 saturated heterocycles. The average molecular weight is 276 g/mol. The lowest BCUT2D eigenvalue weighted by atomic mass is 9.81. The van der Waals surface area contributed by atoms with Gasteiger partial charge in [0.25, 0.3) is 0 Å². The number of hydrogen-bond donors (Lipinski definition) is 1. The average Bonchev–Trinajstić information content (AvgIpc) is 2.08. The Kier molecular flexibility index (Phi) is 5.02. The van der Waals surface area contributed by atoms with Gasteiger partial charge in [-0.15, -0.1) is 0 Å². The van der Waals surface area contributed by atoms with Crippen LogP contribution in [0.1, 0.15) is 76.5 Å². The maximum absolute atomic E-state index is 4.62. The van der Waals surface area contributed by atoms with Crippen LogP contribution in [0.5, 0.6) is 0 Å². The third kappa shape index (κ3) is 4.90. The molecule has 0 bridgehead atoms. The molecule has 0 amide bonds. The van der Waals surface area contributed by atoms with Crippen molar-refractivity contribution in [1.82, 2.24) is 10.3 Å². The maximum Gasteiger partial charge on any atom is 0.0426 e. The molecule has 0 aliphatic heterocycles. The molecule has 1 heterocycles. The Balaban J connectivity index is 2.94. The van der Waals surface area contributed by atoms with Gasteiger partial charge in [0.2, 0.25) is 0 Å². The van der Waals surface area contributed by atoms with Crippen LogP contribution in [0.3, 0.4) is 0 Å². The molecule has 1 N–H and O–H groups in total. The minimum atomic E-state index is 0.113. The van der Waals surface area contributed by atoms with E-state index in [1.54, 1.807) is 0 Å². The third-order valence-corrected chi connectivity index (χ3v) is 3.60. The van der Waals surface area contributed by atoms with E-state index in [2.05, 4.69) is 78.7 Å². The smallest absolute Gasteiger partial charge is 0.0426 e. The maximum atomic E-state index is 4.62. The highest BCUT2D eigenvalue weighted by atomic mass is 15.0. The van der Waals surface area contributed by atoms with Crippen LogP contribution >= 0.6 is 0 Å². The summed E-state index contributed by atoms with van der Waals surface area (Å²) in [7, 11) is 0. The van der Waals surface area contributed by atoms with E-state index in [1.165, 1.54) is 11.1 Å². The van der Waals surface area contributed by atoms with Crippen molar-refractivity contribution in [2.24, 2.45) is 5.41 Å². The molecule has 0 aliphatic carbocycles. The van der Waals surface area contributed by atoms with Gasteiger partial charge in [0.05, 0.1) is 0 Å². The summed E-state index contributed by atoms with van der Waals surface area (Å²) in [5.41, 5.74) is 5.37. The van der Waals surface area contributed by atoms with Crippen LogP contribution in [0.2, 0.25) is 0 Å². The number of rotatable bonds is 4. The zero-order chi connectivity index (χ0) is 15.7. The van der Waals surface area contributed by atoms with Gasteiger partial charge in [-0.2, -0.15) is 0 Å². The van der Waals surface area contributed by atoms with Crippen LogP contribution in [0.25, 0.3) is 0 Å². The van der Waals surface area contributed by atoms with Crippen LogP contribution in [0.15, 0.2) is 6.07 Å². The van der Waals surface area contributed by atoms with Gasteiger partial charge in [0.15, 0.2) is 0 Å². The fourth-order valence-electron chi connectivity index (χ4n) is 3.72. The summed E-state index contributed by atoms with van der Waals surface area (Å²) in [4.78, 5) is 4.62. The molecule has 0 radical (unpaired) electrons. The largest absolute Gasteiger partial charge is 0.305 e. The quantitative estimate of drug-likeness (QED) is 0.848. The second-order valence-corrected chi connectivity index (χ2v) is 8.07. The van der Waals surface area contributed by atoms with Crippen LogP contribution in [0, 0.1) is 26.2 Å². The van der Waals surface area contributed by atoms with Crippen LogP contribution in [-0.4, -0.2) is 10.5 Å². The van der Waals surface area contributed by atoms with E-state index in [4.69, 9.17) is 0 Å². The molecule has 0 aromatic carbocycles. The van der Waals surface area contributed by atoms with E-state index in [-0.39, 0.29) is 5.54 Å². The van der Waals surface area contributed by atoms with Crippen molar-refractivity contribution in [3.05, 3.63) is 28.6 Å². The standard InChI is InChI=1S/C18H32N2/c1-12-10-13(2)19-14(3)16(12)15(4)20-18(8,9)11-17(5,6)7/h10,15,20H,11H2,1-9H3. The zero-order valence-corrected chi connectivity index (χ0v) is 14.8. The second-order valence-electron chi connectivity index (χ2n) is 8.07. The van der Waals surface area contributed by atoms with Gasteiger partial charge < -0.3 is 5.32 Å². The van der Waals surface area contributed by atoms with Crippen LogP contribution < -0.4 is 5.32 Å². The van der Waals surface area contributed by atoms with E-state index in [9.17, 15) is 0 Å². The Hall–Kier alpha value is -0.890. The first-order valence-electron chi connectivity index (χ1n) is 7.64. The second kappa shape index (κ2) is 5.85. The highest BCUT2D eigenvalue weighted by Crippen LogP contribution is 2.30. The molecule has 1 aromatic heterocycles. The minimum Gasteiger partial charge on any atom is -0.305 e. The molecule has 1 aromatic rings. The molecule has 0 spiro atoms. The molecule has 1 unspecified atom stereocenters. The van der Waals surface area contributed by atoms with E-state index < -0.39 is 0 Å². The number of aryl methyl sites for hydroxylation is 3. The minimum absolute atomic E-state index is 0.113. The van der Waals surface area contributed by atoms with E-state index in [1.807, 2.05) is 0 Å². The van der Waals surface area contributed by atoms with Gasteiger partial charge in [-0.25, -0.2) is 0 Å². The number of aromatic nitrogens is 1. The lowest BCUT2D eigenvalue weighted by Gasteiger charge is -2.36. The fraction of sp³-hybridized carbons (Fsp3) is 0.722. The molecule has 2 nitrogen and oxygen atoms in total. The number of hydrogen-bond acceptors (Lipinski definition) is 2. The summed E-state index contributed by atoms with van der Waals surface area (Å²) in [5.74, 6) is 0. The van der Waals surface area contributed by atoms with Crippen molar-refractivity contribution in [2.45, 2.75) is 80.3 Å². The van der Waals surface area contributed by atoms with Crippen LogP contribution in [0.4, 0.5) is 0 Å². The molecular formula is C18H32N2. The Morgan fingerprint density at radius 2 is 1.65 bits per heavy atom. The van der Waals surface area contributed by atoms with E-state index >= 15 is 0 Å². The van der Waals surface area contributed by atoms with Crippen molar-refractivity contribution in [1.29, 1.82) is 0 Å². The Morgan fingerprint density at radius 3 is 2.10 bits per heavy atom. The first-order valence-corrected chi connectivity index (χ1v) is 7.64. The topological polar surface area (TPSA) is 24.9 Å². The Labute approximate surface area is 125 Å². The van der Waals surface area contributed by atoms with Crippen molar-refractivity contribution in [3.63, 3.8) is 0 Å². The van der Waals surface area contributed by atoms with Gasteiger partial charge in [-0.05, 0) is 70.6 Å². The van der Waals surface area contributed by atoms with Crippen molar-refractivity contribution in [2.75, 3.05) is 0 Å².